The van der Waals surface area contributed by atoms with Gasteiger partial charge in [-0.2, -0.15) is 0 Å². The van der Waals surface area contributed by atoms with Gasteiger partial charge in [0.1, 0.15) is 12.4 Å². The van der Waals surface area contributed by atoms with Crippen molar-refractivity contribution in [3.63, 3.8) is 0 Å². The average Bonchev–Trinajstić information content (AvgIpc) is 3.02. The Hall–Kier alpha value is -4.12. The second-order valence-electron chi connectivity index (χ2n) is 13.0. The molecule has 4 nitrogen and oxygen atoms in total. The minimum atomic E-state index is -0.708. The summed E-state index contributed by atoms with van der Waals surface area (Å²) in [7, 11) is 0. The number of nitrogens with zero attached hydrogens (tertiary/aromatic N) is 2. The van der Waals surface area contributed by atoms with E-state index in [4.69, 9.17) is 4.74 Å². The van der Waals surface area contributed by atoms with E-state index in [-0.39, 0.29) is 10.8 Å². The maximum absolute atomic E-state index is 10.4. The van der Waals surface area contributed by atoms with Crippen LogP contribution >= 0.6 is 0 Å². The monoisotopic (exact) mass is 572 g/mol. The summed E-state index contributed by atoms with van der Waals surface area (Å²) in [5, 5.41) is 10.4. The molecule has 0 bridgehead atoms. The fourth-order valence-corrected chi connectivity index (χ4v) is 4.65. The summed E-state index contributed by atoms with van der Waals surface area (Å²) < 4.78 is 5.86. The molecule has 1 aromatic heterocycles. The molecule has 5 aromatic rings. The largest absolute Gasteiger partial charge is 0.384 e. The number of hydrogen-bond acceptors (Lipinski definition) is 4. The first-order valence-corrected chi connectivity index (χ1v) is 14.9. The van der Waals surface area contributed by atoms with Crippen LogP contribution in [0.5, 0.6) is 0 Å². The minimum Gasteiger partial charge on any atom is -0.384 e. The van der Waals surface area contributed by atoms with Gasteiger partial charge in [-0.3, -0.25) is 0 Å². The van der Waals surface area contributed by atoms with Crippen LogP contribution in [0.1, 0.15) is 81.0 Å². The van der Waals surface area contributed by atoms with Crippen LogP contribution in [-0.2, 0) is 28.8 Å². The molecule has 0 fully saturated rings. The first-order valence-electron chi connectivity index (χ1n) is 14.9. The Bertz CT molecular complexity index is 1480. The predicted molar refractivity (Wildman–Crippen MR) is 177 cm³/mol. The topological polar surface area (TPSA) is 55.2 Å². The van der Waals surface area contributed by atoms with Crippen LogP contribution in [0.25, 0.3) is 11.1 Å². The molecule has 1 heterocycles. The van der Waals surface area contributed by atoms with E-state index in [2.05, 4.69) is 112 Å². The molecule has 0 aliphatic carbocycles. The molecule has 222 valence electrons. The van der Waals surface area contributed by atoms with Crippen molar-refractivity contribution in [3.05, 3.63) is 155 Å². The zero-order valence-corrected chi connectivity index (χ0v) is 26.3. The van der Waals surface area contributed by atoms with Gasteiger partial charge in [0.2, 0.25) is 0 Å². The third-order valence-corrected chi connectivity index (χ3v) is 7.38. The number of rotatable bonds is 7. The van der Waals surface area contributed by atoms with Crippen LogP contribution < -0.4 is 0 Å². The molecule has 4 aromatic carbocycles. The highest BCUT2D eigenvalue weighted by atomic mass is 16.5. The fourth-order valence-electron chi connectivity index (χ4n) is 4.65. The van der Waals surface area contributed by atoms with Gasteiger partial charge >= 0.3 is 0 Å². The molecule has 5 rings (SSSR count). The second kappa shape index (κ2) is 14.4. The quantitative estimate of drug-likeness (QED) is 0.211. The lowest BCUT2D eigenvalue weighted by Crippen LogP contribution is -2.11. The zero-order chi connectivity index (χ0) is 30.9. The lowest BCUT2D eigenvalue weighted by atomic mass is 9.87. The molecule has 0 radical (unpaired) electrons. The smallest absolute Gasteiger partial charge is 0.115 e. The second-order valence-corrected chi connectivity index (χ2v) is 13.0. The molecule has 1 unspecified atom stereocenters. The summed E-state index contributed by atoms with van der Waals surface area (Å²) in [6.07, 6.45) is 4.01. The number of benzene rings is 4. The van der Waals surface area contributed by atoms with Gasteiger partial charge in [-0.05, 0) is 55.8 Å². The fraction of sp³-hybridized carbons (Fsp3) is 0.282. The predicted octanol–water partition coefficient (Wildman–Crippen LogP) is 9.22. The number of aliphatic hydroxyl groups is 1. The minimum absolute atomic E-state index is 0.203. The molecule has 0 amide bonds. The third kappa shape index (κ3) is 9.44. The van der Waals surface area contributed by atoms with E-state index in [1.165, 1.54) is 28.6 Å². The van der Waals surface area contributed by atoms with Crippen LogP contribution in [0.4, 0.5) is 0 Å². The molecule has 1 N–H and O–H groups in total. The summed E-state index contributed by atoms with van der Waals surface area (Å²) in [6.45, 7) is 14.7. The van der Waals surface area contributed by atoms with E-state index in [0.29, 0.717) is 18.8 Å². The van der Waals surface area contributed by atoms with E-state index in [9.17, 15) is 5.11 Å². The first kappa shape index (κ1) is 31.8. The summed E-state index contributed by atoms with van der Waals surface area (Å²) >= 11 is 0. The number of aromatic nitrogens is 2. The van der Waals surface area contributed by atoms with Crippen molar-refractivity contribution in [3.8, 4) is 11.1 Å². The van der Waals surface area contributed by atoms with E-state index in [1.54, 1.807) is 12.4 Å². The van der Waals surface area contributed by atoms with Gasteiger partial charge in [0.15, 0.2) is 0 Å². The van der Waals surface area contributed by atoms with Gasteiger partial charge in [0.05, 0.1) is 13.2 Å². The molecule has 43 heavy (non-hydrogen) atoms. The Morgan fingerprint density at radius 2 is 1.07 bits per heavy atom. The van der Waals surface area contributed by atoms with Gasteiger partial charge in [-0.1, -0.05) is 139 Å². The first-order chi connectivity index (χ1) is 20.5. The third-order valence-electron chi connectivity index (χ3n) is 7.38. The molecule has 0 aliphatic rings. The Labute approximate surface area is 257 Å². The standard InChI is InChI=1S/C22H30O.C17H14N2O/c1-21(2,3)19-11-7-17(8-12-19)15-23-16-18-9-13-20(14-10-18)22(4,5)6;20-17(16-10-18-12-19-11-16)15-8-4-7-14(9-15)13-5-2-1-3-6-13/h7-14H,15-16H2,1-6H3;1-12,17,20H. The Kier molecular flexibility index (Phi) is 10.6. The molecule has 0 saturated heterocycles. The van der Waals surface area contributed by atoms with Crippen molar-refractivity contribution in [2.45, 2.75) is 71.7 Å². The number of hydrogen-bond donors (Lipinski definition) is 1. The van der Waals surface area contributed by atoms with Gasteiger partial charge in [0.25, 0.3) is 0 Å². The van der Waals surface area contributed by atoms with Gasteiger partial charge in [-0.25, -0.2) is 9.97 Å². The molecule has 0 aliphatic heterocycles. The normalized spacial score (nSPS) is 12.3. The van der Waals surface area contributed by atoms with E-state index in [0.717, 1.165) is 16.7 Å². The van der Waals surface area contributed by atoms with E-state index < -0.39 is 6.10 Å². The van der Waals surface area contributed by atoms with Gasteiger partial charge < -0.3 is 9.84 Å². The average molecular weight is 573 g/mol. The van der Waals surface area contributed by atoms with Crippen LogP contribution in [-0.4, -0.2) is 15.1 Å². The number of ether oxygens (including phenoxy) is 1. The van der Waals surface area contributed by atoms with Crippen molar-refractivity contribution in [2.75, 3.05) is 0 Å². The van der Waals surface area contributed by atoms with Crippen LogP contribution in [0.15, 0.2) is 122 Å². The van der Waals surface area contributed by atoms with Crippen molar-refractivity contribution >= 4 is 0 Å². The van der Waals surface area contributed by atoms with Crippen LogP contribution in [0.3, 0.4) is 0 Å². The lowest BCUT2D eigenvalue weighted by Gasteiger charge is -2.19. The summed E-state index contributed by atoms with van der Waals surface area (Å²) in [4.78, 5) is 7.88. The van der Waals surface area contributed by atoms with Crippen molar-refractivity contribution < 1.29 is 9.84 Å². The molecular formula is C39H44N2O2. The Balaban J connectivity index is 0.000000198. The molecular weight excluding hydrogens is 528 g/mol. The highest BCUT2D eigenvalue weighted by Gasteiger charge is 2.14. The number of aliphatic hydroxyl groups excluding tert-OH is 1. The Morgan fingerprint density at radius 3 is 1.56 bits per heavy atom. The highest BCUT2D eigenvalue weighted by molar-refractivity contribution is 5.64. The van der Waals surface area contributed by atoms with Crippen LogP contribution in [0, 0.1) is 0 Å². The highest BCUT2D eigenvalue weighted by Crippen LogP contribution is 2.27. The summed E-state index contributed by atoms with van der Waals surface area (Å²) in [5.41, 5.74) is 9.32. The van der Waals surface area contributed by atoms with Gasteiger partial charge in [0, 0.05) is 18.0 Å². The summed E-state index contributed by atoms with van der Waals surface area (Å²) in [5.74, 6) is 0. The van der Waals surface area contributed by atoms with Crippen molar-refractivity contribution in [1.29, 1.82) is 0 Å². The summed E-state index contributed by atoms with van der Waals surface area (Å²) in [6, 6.07) is 35.5. The zero-order valence-electron chi connectivity index (χ0n) is 26.3. The van der Waals surface area contributed by atoms with Crippen molar-refractivity contribution in [2.24, 2.45) is 0 Å². The molecule has 1 atom stereocenters. The maximum Gasteiger partial charge on any atom is 0.115 e. The molecule has 0 spiro atoms. The van der Waals surface area contributed by atoms with E-state index >= 15 is 0 Å². The Morgan fingerprint density at radius 1 is 0.581 bits per heavy atom. The van der Waals surface area contributed by atoms with Gasteiger partial charge in [-0.15, -0.1) is 0 Å². The van der Waals surface area contributed by atoms with E-state index in [1.807, 2.05) is 42.5 Å². The molecule has 0 saturated carbocycles. The van der Waals surface area contributed by atoms with Crippen LogP contribution in [0.2, 0.25) is 0 Å². The van der Waals surface area contributed by atoms with Crippen molar-refractivity contribution in [1.82, 2.24) is 9.97 Å². The maximum atomic E-state index is 10.4. The lowest BCUT2D eigenvalue weighted by molar-refractivity contribution is 0.107. The molecule has 4 heteroatoms. The SMILES string of the molecule is CC(C)(C)c1ccc(COCc2ccc(C(C)(C)C)cc2)cc1.OC(c1cncnc1)c1cccc(-c2ccccc2)c1.